The average molecular weight is 164 g/mol. The van der Waals surface area contributed by atoms with Crippen LogP contribution in [0, 0.1) is 6.92 Å². The van der Waals surface area contributed by atoms with E-state index in [-0.39, 0.29) is 0 Å². The molecule has 3 nitrogen and oxygen atoms in total. The Labute approximate surface area is 71.6 Å². The fourth-order valence-corrected chi connectivity index (χ4v) is 1.14. The quantitative estimate of drug-likeness (QED) is 0.671. The second-order valence-electron chi connectivity index (χ2n) is 2.68. The third kappa shape index (κ3) is 1.44. The first-order chi connectivity index (χ1) is 5.69. The van der Waals surface area contributed by atoms with Gasteiger partial charge in [0.15, 0.2) is 6.29 Å². The zero-order chi connectivity index (χ0) is 9.14. The number of aldehydes is 1. The van der Waals surface area contributed by atoms with Gasteiger partial charge in [0.05, 0.1) is 5.56 Å². The first kappa shape index (κ1) is 8.71. The molecule has 1 heterocycles. The highest BCUT2D eigenvalue weighted by molar-refractivity contribution is 5.81. The molecule has 0 fully saturated rings. The summed E-state index contributed by atoms with van der Waals surface area (Å²) in [4.78, 5) is 14.5. The van der Waals surface area contributed by atoms with Crippen molar-refractivity contribution in [1.29, 1.82) is 0 Å². The van der Waals surface area contributed by atoms with Crippen molar-refractivity contribution in [3.63, 3.8) is 0 Å². The Bertz CT molecular complexity index is 308. The Morgan fingerprint density at radius 1 is 1.67 bits per heavy atom. The van der Waals surface area contributed by atoms with Crippen LogP contribution in [-0.4, -0.2) is 11.3 Å². The van der Waals surface area contributed by atoms with Gasteiger partial charge in [0, 0.05) is 5.69 Å². The van der Waals surface area contributed by atoms with Crippen molar-refractivity contribution in [3.8, 4) is 0 Å². The molecule has 0 spiro atoms. The fourth-order valence-electron chi connectivity index (χ4n) is 1.14. The van der Waals surface area contributed by atoms with E-state index >= 15 is 0 Å². The van der Waals surface area contributed by atoms with Gasteiger partial charge in [-0.1, -0.05) is 6.92 Å². The SMILES string of the molecule is CCc1cc(C=O)c(N)nc1C. The van der Waals surface area contributed by atoms with E-state index in [0.29, 0.717) is 11.4 Å². The van der Waals surface area contributed by atoms with Crippen molar-refractivity contribution < 1.29 is 4.79 Å². The highest BCUT2D eigenvalue weighted by Gasteiger charge is 2.03. The molecule has 1 aromatic heterocycles. The van der Waals surface area contributed by atoms with E-state index in [2.05, 4.69) is 4.98 Å². The van der Waals surface area contributed by atoms with Crippen molar-refractivity contribution in [2.45, 2.75) is 20.3 Å². The minimum absolute atomic E-state index is 0.319. The topological polar surface area (TPSA) is 56.0 Å². The number of anilines is 1. The predicted molar refractivity (Wildman–Crippen MR) is 48.2 cm³/mol. The van der Waals surface area contributed by atoms with Crippen LogP contribution >= 0.6 is 0 Å². The zero-order valence-electron chi connectivity index (χ0n) is 7.29. The van der Waals surface area contributed by atoms with Crippen molar-refractivity contribution >= 4 is 12.1 Å². The van der Waals surface area contributed by atoms with Crippen LogP contribution in [0.2, 0.25) is 0 Å². The summed E-state index contributed by atoms with van der Waals surface area (Å²) in [5.41, 5.74) is 7.98. The van der Waals surface area contributed by atoms with Gasteiger partial charge in [0.1, 0.15) is 5.82 Å². The third-order valence-electron chi connectivity index (χ3n) is 1.89. The molecule has 3 heteroatoms. The number of nitrogens with two attached hydrogens (primary N) is 1. The number of aryl methyl sites for hydroxylation is 2. The summed E-state index contributed by atoms with van der Waals surface area (Å²) < 4.78 is 0. The Morgan fingerprint density at radius 3 is 2.83 bits per heavy atom. The summed E-state index contributed by atoms with van der Waals surface area (Å²) in [5, 5.41) is 0. The van der Waals surface area contributed by atoms with Crippen molar-refractivity contribution in [2.75, 3.05) is 5.73 Å². The number of hydrogen-bond donors (Lipinski definition) is 1. The molecule has 0 aliphatic rings. The Morgan fingerprint density at radius 2 is 2.33 bits per heavy atom. The second kappa shape index (κ2) is 3.34. The Hall–Kier alpha value is -1.38. The van der Waals surface area contributed by atoms with Crippen LogP contribution in [0.25, 0.3) is 0 Å². The number of pyridine rings is 1. The number of carbonyl (C=O) groups excluding carboxylic acids is 1. The lowest BCUT2D eigenvalue weighted by molar-refractivity contribution is 0.112. The maximum absolute atomic E-state index is 10.5. The van der Waals surface area contributed by atoms with Gasteiger partial charge < -0.3 is 5.73 Å². The molecule has 64 valence electrons. The lowest BCUT2D eigenvalue weighted by Crippen LogP contribution is -2.01. The molecule has 0 amide bonds. The van der Waals surface area contributed by atoms with E-state index < -0.39 is 0 Å². The molecule has 0 saturated carbocycles. The Balaban J connectivity index is 3.26. The molecule has 1 aromatic rings. The number of rotatable bonds is 2. The van der Waals surface area contributed by atoms with Crippen LogP contribution in [0.3, 0.4) is 0 Å². The highest BCUT2D eigenvalue weighted by Crippen LogP contribution is 2.13. The largest absolute Gasteiger partial charge is 0.383 e. The first-order valence-corrected chi connectivity index (χ1v) is 3.90. The van der Waals surface area contributed by atoms with E-state index in [1.807, 2.05) is 13.8 Å². The van der Waals surface area contributed by atoms with Gasteiger partial charge in [-0.2, -0.15) is 0 Å². The number of nitrogens with zero attached hydrogens (tertiary/aromatic N) is 1. The molecular weight excluding hydrogens is 152 g/mol. The van der Waals surface area contributed by atoms with Crippen LogP contribution < -0.4 is 5.73 Å². The lowest BCUT2D eigenvalue weighted by atomic mass is 10.1. The second-order valence-corrected chi connectivity index (χ2v) is 2.68. The summed E-state index contributed by atoms with van der Waals surface area (Å²) in [6.45, 7) is 3.92. The van der Waals surface area contributed by atoms with Gasteiger partial charge >= 0.3 is 0 Å². The molecular formula is C9H12N2O. The minimum Gasteiger partial charge on any atom is -0.383 e. The summed E-state index contributed by atoms with van der Waals surface area (Å²) in [6, 6.07) is 1.80. The van der Waals surface area contributed by atoms with Gasteiger partial charge in [-0.3, -0.25) is 4.79 Å². The summed E-state index contributed by atoms with van der Waals surface area (Å²) in [7, 11) is 0. The molecule has 0 aromatic carbocycles. The molecule has 0 unspecified atom stereocenters. The number of hydrogen-bond acceptors (Lipinski definition) is 3. The standard InChI is InChI=1S/C9H12N2O/c1-3-7-4-8(5-12)9(10)11-6(7)2/h4-5H,3H2,1-2H3,(H2,10,11). The van der Waals surface area contributed by atoms with Gasteiger partial charge in [0.25, 0.3) is 0 Å². The Kier molecular flexibility index (Phi) is 2.43. The number of nitrogen functional groups attached to an aromatic ring is 1. The normalized spacial score (nSPS) is 9.83. The molecule has 2 N–H and O–H groups in total. The van der Waals surface area contributed by atoms with Crippen molar-refractivity contribution in [1.82, 2.24) is 4.98 Å². The summed E-state index contributed by atoms with van der Waals surface area (Å²) in [5.74, 6) is 0.319. The average Bonchev–Trinajstić information content (AvgIpc) is 2.05. The van der Waals surface area contributed by atoms with Gasteiger partial charge in [-0.15, -0.1) is 0 Å². The molecule has 0 aliphatic heterocycles. The monoisotopic (exact) mass is 164 g/mol. The molecule has 0 atom stereocenters. The zero-order valence-corrected chi connectivity index (χ0v) is 7.29. The highest BCUT2D eigenvalue weighted by atomic mass is 16.1. The van der Waals surface area contributed by atoms with Gasteiger partial charge in [0.2, 0.25) is 0 Å². The van der Waals surface area contributed by atoms with Gasteiger partial charge in [-0.05, 0) is 25.0 Å². The molecule has 12 heavy (non-hydrogen) atoms. The summed E-state index contributed by atoms with van der Waals surface area (Å²) in [6.07, 6.45) is 1.61. The van der Waals surface area contributed by atoms with Crippen LogP contribution in [0.5, 0.6) is 0 Å². The number of carbonyl (C=O) groups is 1. The molecule has 1 rings (SSSR count). The van der Waals surface area contributed by atoms with E-state index in [1.165, 1.54) is 0 Å². The van der Waals surface area contributed by atoms with Crippen molar-refractivity contribution in [2.24, 2.45) is 0 Å². The van der Waals surface area contributed by atoms with Crippen LogP contribution in [0.1, 0.15) is 28.5 Å². The maximum Gasteiger partial charge on any atom is 0.153 e. The number of aromatic nitrogens is 1. The van der Waals surface area contributed by atoms with E-state index in [1.54, 1.807) is 6.07 Å². The van der Waals surface area contributed by atoms with Crippen LogP contribution in [0.4, 0.5) is 5.82 Å². The third-order valence-corrected chi connectivity index (χ3v) is 1.89. The molecule has 0 saturated heterocycles. The lowest BCUT2D eigenvalue weighted by Gasteiger charge is -2.04. The van der Waals surface area contributed by atoms with E-state index in [0.717, 1.165) is 24.0 Å². The molecule has 0 radical (unpaired) electrons. The van der Waals surface area contributed by atoms with Crippen LogP contribution in [-0.2, 0) is 6.42 Å². The molecule has 0 aliphatic carbocycles. The molecule has 0 bridgehead atoms. The first-order valence-electron chi connectivity index (χ1n) is 3.90. The smallest absolute Gasteiger partial charge is 0.153 e. The summed E-state index contributed by atoms with van der Waals surface area (Å²) >= 11 is 0. The minimum atomic E-state index is 0.319. The predicted octanol–water partition coefficient (Wildman–Crippen LogP) is 1.35. The van der Waals surface area contributed by atoms with Crippen molar-refractivity contribution in [3.05, 3.63) is 22.9 Å². The maximum atomic E-state index is 10.5. The van der Waals surface area contributed by atoms with E-state index in [4.69, 9.17) is 5.73 Å². The van der Waals surface area contributed by atoms with Gasteiger partial charge in [-0.25, -0.2) is 4.98 Å². The van der Waals surface area contributed by atoms with E-state index in [9.17, 15) is 4.79 Å². The van der Waals surface area contributed by atoms with Crippen LogP contribution in [0.15, 0.2) is 6.07 Å². The fraction of sp³-hybridized carbons (Fsp3) is 0.333.